The molecule has 0 saturated carbocycles. The minimum absolute atomic E-state index is 0.193. The van der Waals surface area contributed by atoms with E-state index < -0.39 is 0 Å². The van der Waals surface area contributed by atoms with E-state index in [-0.39, 0.29) is 6.10 Å². The second kappa shape index (κ2) is 5.58. The van der Waals surface area contributed by atoms with Crippen molar-refractivity contribution in [1.29, 1.82) is 0 Å². The van der Waals surface area contributed by atoms with Gasteiger partial charge in [-0.25, -0.2) is 0 Å². The highest BCUT2D eigenvalue weighted by atomic mass is 16.3. The molecule has 0 amide bonds. The molecule has 2 N–H and O–H groups in total. The van der Waals surface area contributed by atoms with Gasteiger partial charge in [-0.3, -0.25) is 4.90 Å². The van der Waals surface area contributed by atoms with Gasteiger partial charge in [-0.15, -0.1) is 0 Å². The first-order valence-electron chi connectivity index (χ1n) is 5.37. The third-order valence-electron chi connectivity index (χ3n) is 2.69. The SMILES string of the molecule is CCCCN1CC(O)CNCC1C. The zero-order valence-electron chi connectivity index (χ0n) is 8.79. The van der Waals surface area contributed by atoms with E-state index in [1.165, 1.54) is 12.8 Å². The van der Waals surface area contributed by atoms with Crippen molar-refractivity contribution in [1.82, 2.24) is 10.2 Å². The molecule has 13 heavy (non-hydrogen) atoms. The van der Waals surface area contributed by atoms with Crippen LogP contribution < -0.4 is 5.32 Å². The number of aliphatic hydroxyl groups is 1. The van der Waals surface area contributed by atoms with Crippen LogP contribution in [0, 0.1) is 0 Å². The van der Waals surface area contributed by atoms with E-state index in [0.717, 1.165) is 26.2 Å². The molecule has 0 aromatic rings. The van der Waals surface area contributed by atoms with Gasteiger partial charge in [0.2, 0.25) is 0 Å². The van der Waals surface area contributed by atoms with Gasteiger partial charge >= 0.3 is 0 Å². The van der Waals surface area contributed by atoms with Gasteiger partial charge in [0.15, 0.2) is 0 Å². The average Bonchev–Trinajstić information content (AvgIpc) is 2.25. The minimum Gasteiger partial charge on any atom is -0.390 e. The quantitative estimate of drug-likeness (QED) is 0.671. The Morgan fingerprint density at radius 3 is 2.92 bits per heavy atom. The Bertz CT molecular complexity index is 141. The van der Waals surface area contributed by atoms with Gasteiger partial charge in [0.1, 0.15) is 0 Å². The van der Waals surface area contributed by atoms with E-state index in [1.54, 1.807) is 0 Å². The molecular weight excluding hydrogens is 164 g/mol. The Kier molecular flexibility index (Phi) is 4.70. The molecule has 3 nitrogen and oxygen atoms in total. The molecule has 2 unspecified atom stereocenters. The first kappa shape index (κ1) is 11.0. The second-order valence-corrected chi connectivity index (χ2v) is 4.01. The molecule has 0 radical (unpaired) electrons. The highest BCUT2D eigenvalue weighted by Crippen LogP contribution is 2.05. The molecule has 78 valence electrons. The summed E-state index contributed by atoms with van der Waals surface area (Å²) >= 11 is 0. The van der Waals surface area contributed by atoms with Crippen LogP contribution in [0.2, 0.25) is 0 Å². The van der Waals surface area contributed by atoms with Crippen molar-refractivity contribution < 1.29 is 5.11 Å². The van der Waals surface area contributed by atoms with E-state index in [4.69, 9.17) is 0 Å². The number of aliphatic hydroxyl groups excluding tert-OH is 1. The molecule has 2 atom stereocenters. The standard InChI is InChI=1S/C10H22N2O/c1-3-4-5-12-8-10(13)7-11-6-9(12)2/h9-11,13H,3-8H2,1-2H3. The summed E-state index contributed by atoms with van der Waals surface area (Å²) in [6, 6.07) is 0.559. The number of hydrogen-bond donors (Lipinski definition) is 2. The second-order valence-electron chi connectivity index (χ2n) is 4.01. The molecule has 0 aliphatic carbocycles. The van der Waals surface area contributed by atoms with E-state index in [0.29, 0.717) is 6.04 Å². The summed E-state index contributed by atoms with van der Waals surface area (Å²) in [7, 11) is 0. The molecular formula is C10H22N2O. The number of nitrogens with zero attached hydrogens (tertiary/aromatic N) is 1. The molecule has 1 saturated heterocycles. The fraction of sp³-hybridized carbons (Fsp3) is 1.00. The Hall–Kier alpha value is -0.120. The minimum atomic E-state index is -0.193. The van der Waals surface area contributed by atoms with Crippen LogP contribution in [0.4, 0.5) is 0 Å². The lowest BCUT2D eigenvalue weighted by Gasteiger charge is -2.27. The van der Waals surface area contributed by atoms with Crippen LogP contribution in [0.1, 0.15) is 26.7 Å². The largest absolute Gasteiger partial charge is 0.390 e. The van der Waals surface area contributed by atoms with Gasteiger partial charge in [0, 0.05) is 25.7 Å². The summed E-state index contributed by atoms with van der Waals surface area (Å²) in [6.45, 7) is 8.12. The van der Waals surface area contributed by atoms with Gasteiger partial charge in [-0.2, -0.15) is 0 Å². The summed E-state index contributed by atoms with van der Waals surface area (Å²) in [5.41, 5.74) is 0. The number of rotatable bonds is 3. The van der Waals surface area contributed by atoms with E-state index in [2.05, 4.69) is 24.1 Å². The highest BCUT2D eigenvalue weighted by molar-refractivity contribution is 4.78. The third-order valence-corrected chi connectivity index (χ3v) is 2.69. The summed E-state index contributed by atoms with van der Waals surface area (Å²) in [4.78, 5) is 2.38. The van der Waals surface area contributed by atoms with Crippen molar-refractivity contribution in [2.45, 2.75) is 38.8 Å². The van der Waals surface area contributed by atoms with Crippen molar-refractivity contribution in [3.8, 4) is 0 Å². The number of β-amino-alcohol motifs (C(OH)–C–C–N with tert-alkyl or cyclic N) is 1. The van der Waals surface area contributed by atoms with Crippen LogP contribution >= 0.6 is 0 Å². The van der Waals surface area contributed by atoms with Crippen molar-refractivity contribution >= 4 is 0 Å². The van der Waals surface area contributed by atoms with Crippen LogP contribution in [-0.2, 0) is 0 Å². The summed E-state index contributed by atoms with van der Waals surface area (Å²) in [5, 5.41) is 12.8. The van der Waals surface area contributed by atoms with Crippen molar-refractivity contribution in [3.63, 3.8) is 0 Å². The molecule has 1 heterocycles. The molecule has 0 aromatic heterocycles. The topological polar surface area (TPSA) is 35.5 Å². The molecule has 3 heteroatoms. The van der Waals surface area contributed by atoms with Gasteiger partial charge in [-0.1, -0.05) is 13.3 Å². The van der Waals surface area contributed by atoms with Crippen LogP contribution in [-0.4, -0.2) is 48.3 Å². The Morgan fingerprint density at radius 1 is 1.46 bits per heavy atom. The monoisotopic (exact) mass is 186 g/mol. The van der Waals surface area contributed by atoms with Crippen LogP contribution in [0.5, 0.6) is 0 Å². The van der Waals surface area contributed by atoms with Gasteiger partial charge in [0.05, 0.1) is 6.10 Å². The fourth-order valence-electron chi connectivity index (χ4n) is 1.78. The highest BCUT2D eigenvalue weighted by Gasteiger charge is 2.20. The molecule has 0 bridgehead atoms. The number of nitrogens with one attached hydrogen (secondary N) is 1. The summed E-state index contributed by atoms with van der Waals surface area (Å²) < 4.78 is 0. The van der Waals surface area contributed by atoms with Crippen LogP contribution in [0.3, 0.4) is 0 Å². The molecule has 0 aromatic carbocycles. The van der Waals surface area contributed by atoms with Crippen molar-refractivity contribution in [2.24, 2.45) is 0 Å². The number of hydrogen-bond acceptors (Lipinski definition) is 3. The predicted molar refractivity (Wildman–Crippen MR) is 54.8 cm³/mol. The maximum absolute atomic E-state index is 9.57. The number of unbranched alkanes of at least 4 members (excludes halogenated alkanes) is 1. The molecule has 1 rings (SSSR count). The Labute approximate surface area is 81.1 Å². The predicted octanol–water partition coefficient (Wildman–Crippen LogP) is 0.441. The summed E-state index contributed by atoms with van der Waals surface area (Å²) in [5.74, 6) is 0. The zero-order chi connectivity index (χ0) is 9.68. The summed E-state index contributed by atoms with van der Waals surface area (Å²) in [6.07, 6.45) is 2.27. The van der Waals surface area contributed by atoms with Crippen LogP contribution in [0.15, 0.2) is 0 Å². The third kappa shape index (κ3) is 3.63. The molecule has 1 fully saturated rings. The fourth-order valence-corrected chi connectivity index (χ4v) is 1.78. The maximum atomic E-state index is 9.57. The first-order chi connectivity index (χ1) is 6.24. The smallest absolute Gasteiger partial charge is 0.0791 e. The average molecular weight is 186 g/mol. The van der Waals surface area contributed by atoms with Gasteiger partial charge < -0.3 is 10.4 Å². The van der Waals surface area contributed by atoms with Crippen LogP contribution in [0.25, 0.3) is 0 Å². The lowest BCUT2D eigenvalue weighted by molar-refractivity contribution is 0.113. The lowest BCUT2D eigenvalue weighted by Crippen LogP contribution is -2.39. The lowest BCUT2D eigenvalue weighted by atomic mass is 10.2. The normalized spacial score (nSPS) is 31.6. The Morgan fingerprint density at radius 2 is 2.23 bits per heavy atom. The van der Waals surface area contributed by atoms with Crippen molar-refractivity contribution in [2.75, 3.05) is 26.2 Å². The van der Waals surface area contributed by atoms with E-state index in [1.807, 2.05) is 0 Å². The molecule has 1 aliphatic heterocycles. The first-order valence-corrected chi connectivity index (χ1v) is 5.37. The molecule has 1 aliphatic rings. The molecule has 0 spiro atoms. The zero-order valence-corrected chi connectivity index (χ0v) is 8.79. The van der Waals surface area contributed by atoms with E-state index in [9.17, 15) is 5.11 Å². The van der Waals surface area contributed by atoms with Gasteiger partial charge in [0.25, 0.3) is 0 Å². The van der Waals surface area contributed by atoms with E-state index >= 15 is 0 Å². The van der Waals surface area contributed by atoms with Gasteiger partial charge in [-0.05, 0) is 19.9 Å². The Balaban J connectivity index is 2.37. The van der Waals surface area contributed by atoms with Crippen molar-refractivity contribution in [3.05, 3.63) is 0 Å². The maximum Gasteiger partial charge on any atom is 0.0791 e.